The molecule has 4 bridgehead atoms. The number of benzene rings is 1. The maximum absolute atomic E-state index is 12.3. The molecule has 5 atom stereocenters. The third-order valence-corrected chi connectivity index (χ3v) is 6.90. The molecular formula is C24H34N2O4. The topological polar surface area (TPSA) is 76.7 Å². The minimum Gasteiger partial charge on any atom is -0.445 e. The second-order valence-electron chi connectivity index (χ2n) is 10.6. The van der Waals surface area contributed by atoms with Crippen LogP contribution in [0.25, 0.3) is 0 Å². The molecule has 1 aromatic rings. The lowest BCUT2D eigenvalue weighted by atomic mass is 9.48. The minimum atomic E-state index is -0.485. The Kier molecular flexibility index (Phi) is 5.69. The summed E-state index contributed by atoms with van der Waals surface area (Å²) in [6, 6.07) is 9.91. The molecule has 0 aliphatic heterocycles. The Morgan fingerprint density at radius 1 is 1.03 bits per heavy atom. The predicted octanol–water partition coefficient (Wildman–Crippen LogP) is 4.63. The maximum atomic E-state index is 12.3. The molecule has 6 nitrogen and oxygen atoms in total. The Morgan fingerprint density at radius 2 is 1.70 bits per heavy atom. The lowest BCUT2D eigenvalue weighted by Crippen LogP contribution is -2.61. The van der Waals surface area contributed by atoms with Crippen molar-refractivity contribution in [1.29, 1.82) is 0 Å². The smallest absolute Gasteiger partial charge is 0.407 e. The SMILES string of the molecule is CC(C)(C)OC(=O)N[C@H]1[C@@H]2CC3C[C@H]1CC(CNC(=O)OCc1ccccc1)(C3)C2. The lowest BCUT2D eigenvalue weighted by molar-refractivity contribution is -0.0753. The third kappa shape index (κ3) is 4.90. The van der Waals surface area contributed by atoms with Gasteiger partial charge in [0.05, 0.1) is 0 Å². The van der Waals surface area contributed by atoms with Crippen LogP contribution in [0.5, 0.6) is 0 Å². The van der Waals surface area contributed by atoms with Crippen molar-refractivity contribution in [1.82, 2.24) is 10.6 Å². The van der Waals surface area contributed by atoms with Crippen LogP contribution in [-0.4, -0.2) is 30.4 Å². The summed E-state index contributed by atoms with van der Waals surface area (Å²) in [5.74, 6) is 1.62. The van der Waals surface area contributed by atoms with E-state index < -0.39 is 5.60 Å². The van der Waals surface area contributed by atoms with Gasteiger partial charge in [-0.15, -0.1) is 0 Å². The largest absolute Gasteiger partial charge is 0.445 e. The molecule has 0 heterocycles. The monoisotopic (exact) mass is 414 g/mol. The quantitative estimate of drug-likeness (QED) is 0.736. The van der Waals surface area contributed by atoms with E-state index in [-0.39, 0.29) is 30.3 Å². The zero-order valence-electron chi connectivity index (χ0n) is 18.3. The first-order valence-corrected chi connectivity index (χ1v) is 11.2. The summed E-state index contributed by atoms with van der Waals surface area (Å²) in [6.45, 7) is 6.61. The number of alkyl carbamates (subject to hydrolysis) is 2. The number of hydrogen-bond donors (Lipinski definition) is 2. The van der Waals surface area contributed by atoms with Crippen molar-refractivity contribution < 1.29 is 19.1 Å². The van der Waals surface area contributed by atoms with Gasteiger partial charge in [-0.05, 0) is 81.6 Å². The molecule has 2 N–H and O–H groups in total. The van der Waals surface area contributed by atoms with Crippen LogP contribution in [0.2, 0.25) is 0 Å². The molecule has 4 aliphatic carbocycles. The molecule has 30 heavy (non-hydrogen) atoms. The van der Waals surface area contributed by atoms with Crippen LogP contribution in [0, 0.1) is 23.2 Å². The molecule has 4 saturated carbocycles. The van der Waals surface area contributed by atoms with E-state index in [2.05, 4.69) is 10.6 Å². The summed E-state index contributed by atoms with van der Waals surface area (Å²) in [4.78, 5) is 24.6. The number of carbonyl (C=O) groups is 2. The highest BCUT2D eigenvalue weighted by molar-refractivity contribution is 5.68. The average Bonchev–Trinajstić information content (AvgIpc) is 2.66. The molecule has 5 rings (SSSR count). The molecule has 4 fully saturated rings. The van der Waals surface area contributed by atoms with Crippen LogP contribution in [0.1, 0.15) is 58.4 Å². The molecular weight excluding hydrogens is 380 g/mol. The first kappa shape index (κ1) is 21.0. The average molecular weight is 415 g/mol. The highest BCUT2D eigenvalue weighted by Crippen LogP contribution is 2.59. The third-order valence-electron chi connectivity index (χ3n) is 6.90. The fourth-order valence-electron chi connectivity index (χ4n) is 6.12. The van der Waals surface area contributed by atoms with E-state index in [1.54, 1.807) is 0 Å². The summed E-state index contributed by atoms with van der Waals surface area (Å²) >= 11 is 0. The van der Waals surface area contributed by atoms with Gasteiger partial charge in [0.1, 0.15) is 12.2 Å². The van der Waals surface area contributed by atoms with E-state index in [1.807, 2.05) is 51.1 Å². The van der Waals surface area contributed by atoms with Gasteiger partial charge in [0, 0.05) is 12.6 Å². The first-order chi connectivity index (χ1) is 14.2. The predicted molar refractivity (Wildman–Crippen MR) is 114 cm³/mol. The van der Waals surface area contributed by atoms with Gasteiger partial charge in [-0.1, -0.05) is 30.3 Å². The highest BCUT2D eigenvalue weighted by atomic mass is 16.6. The molecule has 1 aromatic carbocycles. The summed E-state index contributed by atoms with van der Waals surface area (Å²) in [5.41, 5.74) is 0.633. The van der Waals surface area contributed by atoms with E-state index in [1.165, 1.54) is 0 Å². The fraction of sp³-hybridized carbons (Fsp3) is 0.667. The van der Waals surface area contributed by atoms with Crippen LogP contribution in [0.4, 0.5) is 9.59 Å². The lowest BCUT2D eigenvalue weighted by Gasteiger charge is -2.60. The Bertz CT molecular complexity index is 757. The van der Waals surface area contributed by atoms with Crippen molar-refractivity contribution in [3.8, 4) is 0 Å². The second-order valence-corrected chi connectivity index (χ2v) is 10.6. The summed E-state index contributed by atoms with van der Waals surface area (Å²) in [6.07, 6.45) is 4.92. The molecule has 164 valence electrons. The van der Waals surface area contributed by atoms with Crippen molar-refractivity contribution in [2.45, 2.75) is 71.1 Å². The second kappa shape index (κ2) is 8.12. The van der Waals surface area contributed by atoms with Crippen LogP contribution >= 0.6 is 0 Å². The van der Waals surface area contributed by atoms with Crippen molar-refractivity contribution in [3.05, 3.63) is 35.9 Å². The van der Waals surface area contributed by atoms with Gasteiger partial charge in [0.15, 0.2) is 0 Å². The highest BCUT2D eigenvalue weighted by Gasteiger charge is 2.55. The minimum absolute atomic E-state index is 0.133. The van der Waals surface area contributed by atoms with E-state index >= 15 is 0 Å². The number of rotatable bonds is 5. The van der Waals surface area contributed by atoms with Gasteiger partial charge in [0.2, 0.25) is 0 Å². The summed E-state index contributed by atoms with van der Waals surface area (Å²) < 4.78 is 10.9. The van der Waals surface area contributed by atoms with Gasteiger partial charge in [0.25, 0.3) is 0 Å². The van der Waals surface area contributed by atoms with Gasteiger partial charge in [-0.25, -0.2) is 9.59 Å². The van der Waals surface area contributed by atoms with Gasteiger partial charge >= 0.3 is 12.2 Å². The van der Waals surface area contributed by atoms with Gasteiger partial charge in [-0.2, -0.15) is 0 Å². The summed E-state index contributed by atoms with van der Waals surface area (Å²) in [7, 11) is 0. The molecule has 2 amide bonds. The number of nitrogens with one attached hydrogen (secondary N) is 2. The Morgan fingerprint density at radius 3 is 2.33 bits per heavy atom. The van der Waals surface area contributed by atoms with Crippen molar-refractivity contribution in [3.63, 3.8) is 0 Å². The molecule has 2 unspecified atom stereocenters. The Balaban J connectivity index is 1.30. The molecule has 4 aliphatic rings. The molecule has 6 heteroatoms. The van der Waals surface area contributed by atoms with E-state index in [0.717, 1.165) is 37.7 Å². The maximum Gasteiger partial charge on any atom is 0.407 e. The number of hydrogen-bond acceptors (Lipinski definition) is 4. The van der Waals surface area contributed by atoms with Crippen LogP contribution in [-0.2, 0) is 16.1 Å². The first-order valence-electron chi connectivity index (χ1n) is 11.2. The van der Waals surface area contributed by atoms with E-state index in [9.17, 15) is 9.59 Å². The van der Waals surface area contributed by atoms with Gasteiger partial charge in [-0.3, -0.25) is 0 Å². The van der Waals surface area contributed by atoms with E-state index in [4.69, 9.17) is 9.47 Å². The zero-order chi connectivity index (χ0) is 21.4. The van der Waals surface area contributed by atoms with Crippen LogP contribution in [0.3, 0.4) is 0 Å². The fourth-order valence-corrected chi connectivity index (χ4v) is 6.12. The van der Waals surface area contributed by atoms with Crippen LogP contribution in [0.15, 0.2) is 30.3 Å². The zero-order valence-corrected chi connectivity index (χ0v) is 18.3. The van der Waals surface area contributed by atoms with Crippen molar-refractivity contribution in [2.75, 3.05) is 6.54 Å². The van der Waals surface area contributed by atoms with E-state index in [0.29, 0.717) is 24.3 Å². The van der Waals surface area contributed by atoms with Gasteiger partial charge < -0.3 is 20.1 Å². The summed E-state index contributed by atoms with van der Waals surface area (Å²) in [5, 5.41) is 6.19. The Hall–Kier alpha value is -2.24. The Labute approximate surface area is 179 Å². The normalized spacial score (nSPS) is 31.8. The van der Waals surface area contributed by atoms with Crippen molar-refractivity contribution >= 4 is 12.2 Å². The standard InChI is InChI=1S/C24H34N2O4/c1-23(2,3)30-22(28)26-20-18-9-17-10-19(20)13-24(11-17,12-18)15-25-21(27)29-14-16-7-5-4-6-8-16/h4-8,17-20H,9-15H2,1-3H3,(H,25,27)(H,26,28)/t17?,18-,19+,20+,24?. The number of ether oxygens (including phenoxy) is 2. The van der Waals surface area contributed by atoms with Crippen LogP contribution < -0.4 is 10.6 Å². The molecule has 0 spiro atoms. The molecule has 0 saturated heterocycles. The molecule has 0 radical (unpaired) electrons. The number of amides is 2. The van der Waals surface area contributed by atoms with Crippen molar-refractivity contribution in [2.24, 2.45) is 23.2 Å². The number of carbonyl (C=O) groups excluding carboxylic acids is 2. The molecule has 0 aromatic heterocycles.